The lowest BCUT2D eigenvalue weighted by atomic mass is 9.98. The maximum absolute atomic E-state index is 12.1. The Balaban J connectivity index is 2.20. The number of thiophene rings is 1. The highest BCUT2D eigenvalue weighted by Gasteiger charge is 2.44. The molecular formula is C12H15NO4S. The molecule has 1 saturated heterocycles. The Bertz CT molecular complexity index is 488. The van der Waals surface area contributed by atoms with E-state index in [0.717, 1.165) is 10.4 Å². The van der Waals surface area contributed by atoms with Crippen LogP contribution in [0.4, 0.5) is 0 Å². The zero-order valence-corrected chi connectivity index (χ0v) is 11.1. The van der Waals surface area contributed by atoms with Crippen molar-refractivity contribution in [3.63, 3.8) is 0 Å². The lowest BCUT2D eigenvalue weighted by molar-refractivity contribution is -0.144. The van der Waals surface area contributed by atoms with E-state index in [9.17, 15) is 14.7 Å². The maximum atomic E-state index is 12.1. The molecule has 18 heavy (non-hydrogen) atoms. The van der Waals surface area contributed by atoms with Crippen molar-refractivity contribution in [2.24, 2.45) is 0 Å². The van der Waals surface area contributed by atoms with Gasteiger partial charge in [0.05, 0.1) is 12.2 Å². The molecule has 0 saturated carbocycles. The van der Waals surface area contributed by atoms with E-state index in [1.807, 2.05) is 13.8 Å². The van der Waals surface area contributed by atoms with Crippen LogP contribution in [0.15, 0.2) is 5.38 Å². The standard InChI is InChI=1S/C12H15NO4S/c1-7-8(2)18-5-9(7)10(14)13-12(11(15)16)3-4-17-6-12/h5H,3-4,6H2,1-2H3,(H,13,14)(H,15,16). The number of amides is 1. The van der Waals surface area contributed by atoms with E-state index in [2.05, 4.69) is 5.32 Å². The number of hydrogen-bond acceptors (Lipinski definition) is 4. The molecule has 2 rings (SSSR count). The lowest BCUT2D eigenvalue weighted by Crippen LogP contribution is -2.55. The average molecular weight is 269 g/mol. The molecule has 1 fully saturated rings. The summed E-state index contributed by atoms with van der Waals surface area (Å²) < 4.78 is 5.10. The molecule has 5 nitrogen and oxygen atoms in total. The molecule has 1 aromatic heterocycles. The van der Waals surface area contributed by atoms with Gasteiger partial charge in [-0.05, 0) is 19.4 Å². The van der Waals surface area contributed by atoms with E-state index in [1.165, 1.54) is 11.3 Å². The smallest absolute Gasteiger partial charge is 0.331 e. The molecule has 1 unspecified atom stereocenters. The van der Waals surface area contributed by atoms with Crippen LogP contribution >= 0.6 is 11.3 Å². The highest BCUT2D eigenvalue weighted by atomic mass is 32.1. The topological polar surface area (TPSA) is 75.6 Å². The van der Waals surface area contributed by atoms with Crippen molar-refractivity contribution in [3.05, 3.63) is 21.4 Å². The van der Waals surface area contributed by atoms with Crippen LogP contribution in [0, 0.1) is 13.8 Å². The molecule has 2 heterocycles. The van der Waals surface area contributed by atoms with E-state index in [-0.39, 0.29) is 12.5 Å². The van der Waals surface area contributed by atoms with Crippen LogP contribution in [0.2, 0.25) is 0 Å². The Morgan fingerprint density at radius 1 is 1.50 bits per heavy atom. The van der Waals surface area contributed by atoms with Gasteiger partial charge in [0.15, 0.2) is 5.54 Å². The van der Waals surface area contributed by atoms with E-state index in [0.29, 0.717) is 18.6 Å². The maximum Gasteiger partial charge on any atom is 0.331 e. The van der Waals surface area contributed by atoms with Crippen LogP contribution in [-0.2, 0) is 9.53 Å². The minimum atomic E-state index is -1.28. The quantitative estimate of drug-likeness (QED) is 0.868. The number of rotatable bonds is 3. The number of nitrogens with one attached hydrogen (secondary N) is 1. The number of carbonyl (C=O) groups excluding carboxylic acids is 1. The van der Waals surface area contributed by atoms with Crippen LogP contribution in [0.25, 0.3) is 0 Å². The molecule has 0 aromatic carbocycles. The van der Waals surface area contributed by atoms with E-state index < -0.39 is 11.5 Å². The molecule has 1 aliphatic heterocycles. The van der Waals surface area contributed by atoms with Gasteiger partial charge >= 0.3 is 5.97 Å². The second-order valence-electron chi connectivity index (χ2n) is 4.47. The molecule has 6 heteroatoms. The number of hydrogen-bond donors (Lipinski definition) is 2. The van der Waals surface area contributed by atoms with Gasteiger partial charge in [0.25, 0.3) is 5.91 Å². The van der Waals surface area contributed by atoms with Crippen molar-refractivity contribution in [2.75, 3.05) is 13.2 Å². The average Bonchev–Trinajstić information content (AvgIpc) is 2.89. The number of ether oxygens (including phenoxy) is 1. The van der Waals surface area contributed by atoms with Crippen LogP contribution in [0.1, 0.15) is 27.2 Å². The first-order valence-electron chi connectivity index (χ1n) is 5.64. The predicted octanol–water partition coefficient (Wildman–Crippen LogP) is 1.34. The summed E-state index contributed by atoms with van der Waals surface area (Å²) in [5.41, 5.74) is 0.168. The number of carboxylic acid groups (broad SMARTS) is 1. The molecule has 2 N–H and O–H groups in total. The number of carboxylic acids is 1. The monoisotopic (exact) mass is 269 g/mol. The van der Waals surface area contributed by atoms with Gasteiger partial charge in [0, 0.05) is 23.3 Å². The summed E-state index contributed by atoms with van der Waals surface area (Å²) in [6.07, 6.45) is 0.302. The predicted molar refractivity (Wildman–Crippen MR) is 67.1 cm³/mol. The van der Waals surface area contributed by atoms with Crippen LogP contribution in [0.3, 0.4) is 0 Å². The van der Waals surface area contributed by atoms with Crippen molar-refractivity contribution >= 4 is 23.2 Å². The lowest BCUT2D eigenvalue weighted by Gasteiger charge is -2.23. The third kappa shape index (κ3) is 2.13. The zero-order valence-electron chi connectivity index (χ0n) is 10.3. The Morgan fingerprint density at radius 2 is 2.22 bits per heavy atom. The van der Waals surface area contributed by atoms with Crippen LogP contribution in [-0.4, -0.2) is 35.7 Å². The summed E-state index contributed by atoms with van der Waals surface area (Å²) in [7, 11) is 0. The van der Waals surface area contributed by atoms with Crippen molar-refractivity contribution in [2.45, 2.75) is 25.8 Å². The molecule has 0 bridgehead atoms. The first kappa shape index (κ1) is 13.0. The minimum Gasteiger partial charge on any atom is -0.479 e. The Kier molecular flexibility index (Phi) is 3.41. The molecule has 0 spiro atoms. The molecular weight excluding hydrogens is 254 g/mol. The first-order valence-corrected chi connectivity index (χ1v) is 6.52. The summed E-state index contributed by atoms with van der Waals surface area (Å²) >= 11 is 1.49. The molecule has 0 aliphatic carbocycles. The zero-order chi connectivity index (χ0) is 13.3. The van der Waals surface area contributed by atoms with Gasteiger partial charge in [0.2, 0.25) is 0 Å². The molecule has 98 valence electrons. The van der Waals surface area contributed by atoms with Gasteiger partial charge in [-0.2, -0.15) is 0 Å². The van der Waals surface area contributed by atoms with Gasteiger partial charge in [-0.3, -0.25) is 4.79 Å². The second-order valence-corrected chi connectivity index (χ2v) is 5.56. The van der Waals surface area contributed by atoms with Crippen molar-refractivity contribution < 1.29 is 19.4 Å². The molecule has 1 atom stereocenters. The third-order valence-electron chi connectivity index (χ3n) is 3.31. The van der Waals surface area contributed by atoms with Gasteiger partial charge in [-0.1, -0.05) is 0 Å². The highest BCUT2D eigenvalue weighted by Crippen LogP contribution is 2.23. The van der Waals surface area contributed by atoms with Gasteiger partial charge in [0.1, 0.15) is 0 Å². The SMILES string of the molecule is Cc1scc(C(=O)NC2(C(=O)O)CCOC2)c1C. The van der Waals surface area contributed by atoms with Crippen LogP contribution < -0.4 is 5.32 Å². The summed E-state index contributed by atoms with van der Waals surface area (Å²) in [6.45, 7) is 4.17. The number of carbonyl (C=O) groups is 2. The normalized spacial score (nSPS) is 23.0. The first-order chi connectivity index (χ1) is 8.46. The summed E-state index contributed by atoms with van der Waals surface area (Å²) in [6, 6.07) is 0. The van der Waals surface area contributed by atoms with Crippen molar-refractivity contribution in [3.8, 4) is 0 Å². The Morgan fingerprint density at radius 3 is 2.67 bits per heavy atom. The van der Waals surface area contributed by atoms with E-state index in [1.54, 1.807) is 5.38 Å². The van der Waals surface area contributed by atoms with Gasteiger partial charge in [-0.15, -0.1) is 11.3 Å². The summed E-state index contributed by atoms with van der Waals surface area (Å²) in [4.78, 5) is 24.5. The number of aryl methyl sites for hydroxylation is 1. The fourth-order valence-corrected chi connectivity index (χ4v) is 2.77. The van der Waals surface area contributed by atoms with Gasteiger partial charge in [-0.25, -0.2) is 4.79 Å². The Hall–Kier alpha value is -1.40. The Labute approximate surface area is 109 Å². The van der Waals surface area contributed by atoms with Crippen molar-refractivity contribution in [1.82, 2.24) is 5.32 Å². The fraction of sp³-hybridized carbons (Fsp3) is 0.500. The molecule has 1 aromatic rings. The molecule has 1 amide bonds. The van der Waals surface area contributed by atoms with Crippen LogP contribution in [0.5, 0.6) is 0 Å². The van der Waals surface area contributed by atoms with E-state index in [4.69, 9.17) is 4.74 Å². The fourth-order valence-electron chi connectivity index (χ4n) is 1.91. The molecule has 0 radical (unpaired) electrons. The summed E-state index contributed by atoms with van der Waals surface area (Å²) in [5, 5.41) is 13.6. The minimum absolute atomic E-state index is 0.0240. The van der Waals surface area contributed by atoms with E-state index >= 15 is 0 Å². The largest absolute Gasteiger partial charge is 0.479 e. The number of aliphatic carboxylic acids is 1. The van der Waals surface area contributed by atoms with Gasteiger partial charge < -0.3 is 15.2 Å². The third-order valence-corrected chi connectivity index (χ3v) is 4.33. The second kappa shape index (κ2) is 4.70. The van der Waals surface area contributed by atoms with Crippen molar-refractivity contribution in [1.29, 1.82) is 0 Å². The molecule has 1 aliphatic rings. The summed E-state index contributed by atoms with van der Waals surface area (Å²) in [5.74, 6) is -1.39. The highest BCUT2D eigenvalue weighted by molar-refractivity contribution is 7.10.